The minimum atomic E-state index is -5.08. The fourth-order valence-corrected chi connectivity index (χ4v) is 6.77. The number of aliphatic carboxylic acids is 1. The van der Waals surface area contributed by atoms with Crippen molar-refractivity contribution < 1.29 is 36.2 Å². The minimum absolute atomic E-state index is 0.00650. The Balaban J connectivity index is 0.000000383. The van der Waals surface area contributed by atoms with Gasteiger partial charge in [0.15, 0.2) is 0 Å². The first kappa shape index (κ1) is 25.5. The number of carbonyl (C=O) groups is 1. The summed E-state index contributed by atoms with van der Waals surface area (Å²) < 4.78 is 64.8. The van der Waals surface area contributed by atoms with Crippen LogP contribution in [0.25, 0.3) is 0 Å². The maximum absolute atomic E-state index is 12.7. The van der Waals surface area contributed by atoms with Crippen LogP contribution >= 0.6 is 11.8 Å². The summed E-state index contributed by atoms with van der Waals surface area (Å²) in [5.74, 6) is -1.85. The Kier molecular flexibility index (Phi) is 7.72. The fraction of sp³-hybridized carbons (Fsp3) is 0.429. The molecular weight excluding hydrogens is 481 g/mol. The second-order valence-electron chi connectivity index (χ2n) is 7.84. The number of thioether (sulfide) groups is 1. The van der Waals surface area contributed by atoms with E-state index < -0.39 is 22.2 Å². The van der Waals surface area contributed by atoms with Crippen LogP contribution in [0.15, 0.2) is 53.6 Å². The third kappa shape index (κ3) is 6.46. The van der Waals surface area contributed by atoms with Gasteiger partial charge in [-0.25, -0.2) is 13.2 Å². The van der Waals surface area contributed by atoms with Crippen LogP contribution in [0.4, 0.5) is 13.2 Å². The summed E-state index contributed by atoms with van der Waals surface area (Å²) in [6.07, 6.45) is -2.26. The number of aromatic nitrogens is 1. The first-order valence-electron chi connectivity index (χ1n) is 9.94. The molecule has 0 bridgehead atoms. The van der Waals surface area contributed by atoms with Gasteiger partial charge in [0.25, 0.3) is 0 Å². The van der Waals surface area contributed by atoms with Crippen molar-refractivity contribution in [2.24, 2.45) is 0 Å². The molecule has 180 valence electrons. The third-order valence-corrected chi connectivity index (χ3v) is 8.58. The lowest BCUT2D eigenvalue weighted by atomic mass is 9.95. The van der Waals surface area contributed by atoms with E-state index in [2.05, 4.69) is 4.98 Å². The highest BCUT2D eigenvalue weighted by Crippen LogP contribution is 2.47. The topological polar surface area (TPSA) is 96.8 Å². The molecule has 1 aromatic heterocycles. The van der Waals surface area contributed by atoms with E-state index in [4.69, 9.17) is 14.6 Å². The molecule has 2 aromatic rings. The van der Waals surface area contributed by atoms with Crippen LogP contribution < -0.4 is 0 Å². The van der Waals surface area contributed by atoms with E-state index in [1.165, 1.54) is 0 Å². The standard InChI is InChI=1S/C19H22N2O3S2.C2HF3O2/c1-15-5-7-18(8-6-15)26(22,23)21-13-19(14-21)10-17(12-25-19)24-11-16-4-2-3-9-20-16;3-2(4,5)1(6)7/h2-9,17H,10-14H2,1H3;(H,6,7). The minimum Gasteiger partial charge on any atom is -0.475 e. The predicted octanol–water partition coefficient (Wildman–Crippen LogP) is 3.49. The van der Waals surface area contributed by atoms with E-state index in [0.717, 1.165) is 23.4 Å². The summed E-state index contributed by atoms with van der Waals surface area (Å²) >= 11 is 1.84. The number of rotatable bonds is 5. The number of halogens is 3. The van der Waals surface area contributed by atoms with E-state index in [1.807, 2.05) is 49.0 Å². The van der Waals surface area contributed by atoms with Crippen LogP contribution in [-0.4, -0.2) is 64.7 Å². The number of hydrogen-bond donors (Lipinski definition) is 1. The van der Waals surface area contributed by atoms with Gasteiger partial charge in [-0.3, -0.25) is 4.98 Å². The number of benzene rings is 1. The van der Waals surface area contributed by atoms with E-state index in [0.29, 0.717) is 24.6 Å². The first-order chi connectivity index (χ1) is 15.4. The Morgan fingerprint density at radius 3 is 2.42 bits per heavy atom. The SMILES string of the molecule is Cc1ccc(S(=O)(=O)N2CC3(CC(OCc4ccccn4)CS3)C2)cc1.O=C(O)C(F)(F)F. The second-order valence-corrected chi connectivity index (χ2v) is 11.3. The van der Waals surface area contributed by atoms with Gasteiger partial charge in [-0.05, 0) is 37.6 Å². The number of carboxylic acid groups (broad SMARTS) is 1. The van der Waals surface area contributed by atoms with Crippen LogP contribution in [0, 0.1) is 6.92 Å². The van der Waals surface area contributed by atoms with Crippen LogP contribution in [0.5, 0.6) is 0 Å². The maximum Gasteiger partial charge on any atom is 0.490 e. The van der Waals surface area contributed by atoms with Crippen molar-refractivity contribution in [3.05, 3.63) is 59.9 Å². The molecule has 0 radical (unpaired) electrons. The van der Waals surface area contributed by atoms with Crippen molar-refractivity contribution in [3.8, 4) is 0 Å². The molecule has 7 nitrogen and oxygen atoms in total. The van der Waals surface area contributed by atoms with Crippen molar-refractivity contribution >= 4 is 27.8 Å². The van der Waals surface area contributed by atoms with Gasteiger partial charge in [-0.15, -0.1) is 11.8 Å². The molecular formula is C21H23F3N2O5S2. The third-order valence-electron chi connectivity index (χ3n) is 5.20. The highest BCUT2D eigenvalue weighted by atomic mass is 32.2. The largest absolute Gasteiger partial charge is 0.490 e. The Morgan fingerprint density at radius 2 is 1.88 bits per heavy atom. The number of hydrogen-bond acceptors (Lipinski definition) is 6. The molecule has 0 saturated carbocycles. The van der Waals surface area contributed by atoms with Gasteiger partial charge in [0.1, 0.15) is 0 Å². The van der Waals surface area contributed by atoms with Gasteiger partial charge >= 0.3 is 12.1 Å². The van der Waals surface area contributed by atoms with Gasteiger partial charge in [0.05, 0.1) is 23.3 Å². The molecule has 1 unspecified atom stereocenters. The summed E-state index contributed by atoms with van der Waals surface area (Å²) in [6.45, 7) is 3.59. The van der Waals surface area contributed by atoms with Crippen molar-refractivity contribution in [1.82, 2.24) is 9.29 Å². The number of alkyl halides is 3. The smallest absolute Gasteiger partial charge is 0.475 e. The van der Waals surface area contributed by atoms with Crippen molar-refractivity contribution in [1.29, 1.82) is 0 Å². The molecule has 1 aromatic carbocycles. The zero-order chi connectivity index (χ0) is 24.3. The molecule has 1 N–H and O–H groups in total. The number of aryl methyl sites for hydroxylation is 1. The second kappa shape index (κ2) is 10.00. The Bertz CT molecular complexity index is 1060. The molecule has 12 heteroatoms. The summed E-state index contributed by atoms with van der Waals surface area (Å²) in [6, 6.07) is 12.9. The van der Waals surface area contributed by atoms with E-state index in [-0.39, 0.29) is 10.9 Å². The molecule has 3 heterocycles. The average molecular weight is 505 g/mol. The first-order valence-corrected chi connectivity index (χ1v) is 12.4. The molecule has 2 saturated heterocycles. The highest BCUT2D eigenvalue weighted by molar-refractivity contribution is 8.01. The van der Waals surface area contributed by atoms with Gasteiger partial charge < -0.3 is 9.84 Å². The normalized spacial score (nSPS) is 20.1. The quantitative estimate of drug-likeness (QED) is 0.666. The van der Waals surface area contributed by atoms with Crippen LogP contribution in [0.3, 0.4) is 0 Å². The molecule has 2 aliphatic rings. The van der Waals surface area contributed by atoms with Crippen molar-refractivity contribution in [2.45, 2.75) is 41.9 Å². The van der Waals surface area contributed by atoms with Crippen LogP contribution in [-0.2, 0) is 26.2 Å². The van der Waals surface area contributed by atoms with Gasteiger partial charge in [0, 0.05) is 29.8 Å². The summed E-state index contributed by atoms with van der Waals surface area (Å²) in [7, 11) is -3.39. The number of nitrogens with zero attached hydrogens (tertiary/aromatic N) is 2. The molecule has 1 spiro atoms. The Hall–Kier alpha value is -2.15. The van der Waals surface area contributed by atoms with Gasteiger partial charge in [-0.1, -0.05) is 23.8 Å². The molecule has 0 amide bonds. The lowest BCUT2D eigenvalue weighted by Gasteiger charge is -2.46. The molecule has 1 atom stereocenters. The van der Waals surface area contributed by atoms with E-state index in [9.17, 15) is 21.6 Å². The molecule has 4 rings (SSSR count). The Morgan fingerprint density at radius 1 is 1.24 bits per heavy atom. The summed E-state index contributed by atoms with van der Waals surface area (Å²) in [5, 5.41) is 7.12. The van der Waals surface area contributed by atoms with E-state index >= 15 is 0 Å². The lowest BCUT2D eigenvalue weighted by molar-refractivity contribution is -0.192. The fourth-order valence-electron chi connectivity index (χ4n) is 3.44. The van der Waals surface area contributed by atoms with E-state index in [1.54, 1.807) is 22.6 Å². The average Bonchev–Trinajstić information content (AvgIpc) is 3.17. The van der Waals surface area contributed by atoms with Gasteiger partial charge in [0.2, 0.25) is 10.0 Å². The summed E-state index contributed by atoms with van der Waals surface area (Å²) in [5.41, 5.74) is 1.99. The lowest BCUT2D eigenvalue weighted by Crippen LogP contribution is -2.60. The van der Waals surface area contributed by atoms with Crippen LogP contribution in [0.1, 0.15) is 17.7 Å². The zero-order valence-corrected chi connectivity index (χ0v) is 19.3. The molecule has 2 aliphatic heterocycles. The predicted molar refractivity (Wildman–Crippen MR) is 116 cm³/mol. The maximum atomic E-state index is 12.7. The van der Waals surface area contributed by atoms with Crippen molar-refractivity contribution in [3.63, 3.8) is 0 Å². The zero-order valence-electron chi connectivity index (χ0n) is 17.7. The summed E-state index contributed by atoms with van der Waals surface area (Å²) in [4.78, 5) is 13.5. The monoisotopic (exact) mass is 504 g/mol. The molecule has 2 fully saturated rings. The number of pyridine rings is 1. The number of carboxylic acids is 1. The van der Waals surface area contributed by atoms with Crippen LogP contribution in [0.2, 0.25) is 0 Å². The molecule has 0 aliphatic carbocycles. The number of ether oxygens (including phenoxy) is 1. The highest BCUT2D eigenvalue weighted by Gasteiger charge is 2.53. The van der Waals surface area contributed by atoms with Gasteiger partial charge in [-0.2, -0.15) is 17.5 Å². The number of sulfonamides is 1. The van der Waals surface area contributed by atoms with Crippen molar-refractivity contribution in [2.75, 3.05) is 18.8 Å². The molecule has 33 heavy (non-hydrogen) atoms. The Labute approximate surface area is 194 Å².